The van der Waals surface area contributed by atoms with Gasteiger partial charge in [-0.3, -0.25) is 9.69 Å². The van der Waals surface area contributed by atoms with Gasteiger partial charge in [0.25, 0.3) is 5.91 Å². The van der Waals surface area contributed by atoms with E-state index in [1.807, 2.05) is 41.1 Å². The summed E-state index contributed by atoms with van der Waals surface area (Å²) in [7, 11) is 1.56. The first kappa shape index (κ1) is 24.3. The van der Waals surface area contributed by atoms with E-state index >= 15 is 0 Å². The average molecular weight is 514 g/mol. The lowest BCUT2D eigenvalue weighted by molar-refractivity contribution is 0.0948. The Kier molecular flexibility index (Phi) is 6.65. The van der Waals surface area contributed by atoms with Crippen LogP contribution in [0.3, 0.4) is 0 Å². The third-order valence-electron chi connectivity index (χ3n) is 7.24. The second-order valence-corrected chi connectivity index (χ2v) is 9.84. The summed E-state index contributed by atoms with van der Waals surface area (Å²) in [4.78, 5) is 24.0. The quantitative estimate of drug-likeness (QED) is 0.345. The summed E-state index contributed by atoms with van der Waals surface area (Å²) in [6, 6.07) is 15.4. The van der Waals surface area contributed by atoms with Crippen LogP contribution in [0.25, 0.3) is 22.3 Å². The molecule has 196 valence electrons. The number of nitrogen functional groups attached to an aromatic ring is 1. The van der Waals surface area contributed by atoms with E-state index in [4.69, 9.17) is 20.3 Å². The van der Waals surface area contributed by atoms with Crippen molar-refractivity contribution in [3.63, 3.8) is 0 Å². The molecule has 2 aliphatic heterocycles. The summed E-state index contributed by atoms with van der Waals surface area (Å²) in [5.74, 6) is 0.781. The molecule has 2 saturated heterocycles. The maximum Gasteiger partial charge on any atom is 0.255 e. The maximum atomic E-state index is 12.7. The highest BCUT2D eigenvalue weighted by Crippen LogP contribution is 2.34. The van der Waals surface area contributed by atoms with Gasteiger partial charge in [-0.15, -0.1) is 0 Å². The highest BCUT2D eigenvalue weighted by atomic mass is 16.6. The van der Waals surface area contributed by atoms with Gasteiger partial charge in [0.1, 0.15) is 23.6 Å². The van der Waals surface area contributed by atoms with Gasteiger partial charge in [-0.05, 0) is 37.1 Å². The Balaban J connectivity index is 1.22. The monoisotopic (exact) mass is 513 g/mol. The number of para-hydroxylation sites is 1. The number of carbonyl (C=O) groups excluding carboxylic acids is 1. The number of piperidine rings is 1. The van der Waals surface area contributed by atoms with Crippen LogP contribution in [-0.2, 0) is 11.3 Å². The standard InChI is InChI=1S/C28H31N7O3/c1-37-23-7-3-2-6-22(23)28(36)30-13-18-8-10-19(11-9-18)25-24-26(29)31-17-32-27(24)35(33-25)20-5-4-12-34(14-20)15-21-16-38-21/h2-3,6-11,17,20-21H,4-5,12-16H2,1H3,(H,30,36)(H2,29,31,32)/t20-,21-/m1/s1. The fourth-order valence-corrected chi connectivity index (χ4v) is 5.20. The van der Waals surface area contributed by atoms with Crippen molar-refractivity contribution in [2.45, 2.75) is 31.5 Å². The van der Waals surface area contributed by atoms with Crippen molar-refractivity contribution >= 4 is 22.8 Å². The van der Waals surface area contributed by atoms with Gasteiger partial charge in [0.15, 0.2) is 5.65 Å². The Morgan fingerprint density at radius 3 is 2.79 bits per heavy atom. The minimum atomic E-state index is -0.184. The molecule has 0 unspecified atom stereocenters. The van der Waals surface area contributed by atoms with Crippen LogP contribution in [0.5, 0.6) is 5.75 Å². The number of ether oxygens (including phenoxy) is 2. The number of hydrogen-bond acceptors (Lipinski definition) is 8. The second-order valence-electron chi connectivity index (χ2n) is 9.84. The topological polar surface area (TPSA) is 124 Å². The molecule has 1 amide bonds. The normalized spacial score (nSPS) is 19.4. The molecule has 2 fully saturated rings. The van der Waals surface area contributed by atoms with Crippen LogP contribution in [0.2, 0.25) is 0 Å². The smallest absolute Gasteiger partial charge is 0.255 e. The SMILES string of the molecule is COc1ccccc1C(=O)NCc1ccc(-c2nn([C@@H]3CCCN(C[C@@H]4CO4)C3)c3ncnc(N)c23)cc1. The zero-order valence-corrected chi connectivity index (χ0v) is 21.3. The number of anilines is 1. The molecule has 3 N–H and O–H groups in total. The van der Waals surface area contributed by atoms with Crippen molar-refractivity contribution in [3.8, 4) is 17.0 Å². The van der Waals surface area contributed by atoms with E-state index in [1.165, 1.54) is 6.33 Å². The van der Waals surface area contributed by atoms with Crippen molar-refractivity contribution < 1.29 is 14.3 Å². The summed E-state index contributed by atoms with van der Waals surface area (Å²) >= 11 is 0. The minimum Gasteiger partial charge on any atom is -0.496 e. The number of epoxide rings is 1. The lowest BCUT2D eigenvalue weighted by Gasteiger charge is -2.32. The largest absolute Gasteiger partial charge is 0.496 e. The first-order valence-corrected chi connectivity index (χ1v) is 12.9. The summed E-state index contributed by atoms with van der Waals surface area (Å²) in [6.07, 6.45) is 4.01. The average Bonchev–Trinajstić information content (AvgIpc) is 3.68. The van der Waals surface area contributed by atoms with Gasteiger partial charge in [-0.25, -0.2) is 14.6 Å². The van der Waals surface area contributed by atoms with Crippen LogP contribution < -0.4 is 15.8 Å². The third-order valence-corrected chi connectivity index (χ3v) is 7.24. The lowest BCUT2D eigenvalue weighted by Crippen LogP contribution is -2.39. The summed E-state index contributed by atoms with van der Waals surface area (Å²) in [5.41, 5.74) is 10.3. The number of carbonyl (C=O) groups is 1. The first-order chi connectivity index (χ1) is 18.6. The van der Waals surface area contributed by atoms with Crippen molar-refractivity contribution in [3.05, 3.63) is 66.0 Å². The van der Waals surface area contributed by atoms with Crippen molar-refractivity contribution in [2.75, 3.05) is 39.1 Å². The number of hydrogen-bond donors (Lipinski definition) is 2. The van der Waals surface area contributed by atoms with E-state index in [9.17, 15) is 4.79 Å². The Morgan fingerprint density at radius 1 is 1.18 bits per heavy atom. The lowest BCUT2D eigenvalue weighted by atomic mass is 10.1. The molecule has 0 saturated carbocycles. The van der Waals surface area contributed by atoms with E-state index in [0.717, 1.165) is 66.9 Å². The molecule has 2 atom stereocenters. The Hall–Kier alpha value is -4.02. The molecule has 0 radical (unpaired) electrons. The number of nitrogens with two attached hydrogens (primary N) is 1. The fraction of sp³-hybridized carbons (Fsp3) is 0.357. The van der Waals surface area contributed by atoms with Crippen LogP contribution in [0, 0.1) is 0 Å². The summed E-state index contributed by atoms with van der Waals surface area (Å²) < 4.78 is 12.8. The molecule has 2 aromatic heterocycles. The Morgan fingerprint density at radius 2 is 2.00 bits per heavy atom. The molecule has 0 spiro atoms. The van der Waals surface area contributed by atoms with E-state index in [-0.39, 0.29) is 11.9 Å². The molecule has 10 heteroatoms. The molecular formula is C28H31N7O3. The van der Waals surface area contributed by atoms with Gasteiger partial charge in [0.05, 0.1) is 36.8 Å². The van der Waals surface area contributed by atoms with Crippen molar-refractivity contribution in [1.82, 2.24) is 30.0 Å². The van der Waals surface area contributed by atoms with E-state index in [1.54, 1.807) is 19.2 Å². The minimum absolute atomic E-state index is 0.184. The molecule has 38 heavy (non-hydrogen) atoms. The highest BCUT2D eigenvalue weighted by Gasteiger charge is 2.31. The molecule has 0 aliphatic carbocycles. The number of benzene rings is 2. The van der Waals surface area contributed by atoms with Gasteiger partial charge < -0.3 is 20.5 Å². The fourth-order valence-electron chi connectivity index (χ4n) is 5.20. The van der Waals surface area contributed by atoms with Crippen LogP contribution in [-0.4, -0.2) is 70.0 Å². The molecule has 2 aliphatic rings. The molecule has 4 heterocycles. The summed E-state index contributed by atoms with van der Waals surface area (Å²) in [6.45, 7) is 4.20. The van der Waals surface area contributed by atoms with Gasteiger partial charge in [-0.2, -0.15) is 5.10 Å². The third kappa shape index (κ3) is 4.92. The number of amides is 1. The van der Waals surface area contributed by atoms with Crippen LogP contribution >= 0.6 is 0 Å². The first-order valence-electron chi connectivity index (χ1n) is 12.9. The van der Waals surface area contributed by atoms with E-state index in [2.05, 4.69) is 20.2 Å². The van der Waals surface area contributed by atoms with Crippen LogP contribution in [0.1, 0.15) is 34.8 Å². The van der Waals surface area contributed by atoms with Gasteiger partial charge in [-0.1, -0.05) is 36.4 Å². The second kappa shape index (κ2) is 10.4. The number of aromatic nitrogens is 4. The van der Waals surface area contributed by atoms with Crippen LogP contribution in [0.15, 0.2) is 54.9 Å². The maximum absolute atomic E-state index is 12.7. The zero-order chi connectivity index (χ0) is 26.1. The van der Waals surface area contributed by atoms with Gasteiger partial charge in [0.2, 0.25) is 0 Å². The Labute approximate surface area is 220 Å². The Bertz CT molecular complexity index is 1450. The van der Waals surface area contributed by atoms with Crippen molar-refractivity contribution in [2.24, 2.45) is 0 Å². The van der Waals surface area contributed by atoms with Gasteiger partial charge in [0, 0.05) is 25.2 Å². The van der Waals surface area contributed by atoms with E-state index < -0.39 is 0 Å². The number of fused-ring (bicyclic) bond motifs is 1. The zero-order valence-electron chi connectivity index (χ0n) is 21.3. The van der Waals surface area contributed by atoms with E-state index in [0.29, 0.717) is 29.8 Å². The number of rotatable bonds is 8. The molecule has 6 rings (SSSR count). The predicted molar refractivity (Wildman–Crippen MR) is 144 cm³/mol. The molecule has 10 nitrogen and oxygen atoms in total. The number of nitrogens with zero attached hydrogens (tertiary/aromatic N) is 5. The molecule has 0 bridgehead atoms. The predicted octanol–water partition coefficient (Wildman–Crippen LogP) is 3.05. The molecular weight excluding hydrogens is 482 g/mol. The van der Waals surface area contributed by atoms with Gasteiger partial charge >= 0.3 is 0 Å². The van der Waals surface area contributed by atoms with Crippen molar-refractivity contribution in [1.29, 1.82) is 0 Å². The summed E-state index contributed by atoms with van der Waals surface area (Å²) in [5, 5.41) is 8.76. The molecule has 4 aromatic rings. The highest BCUT2D eigenvalue weighted by molar-refractivity contribution is 5.98. The number of nitrogens with one attached hydrogen (secondary N) is 1. The van der Waals surface area contributed by atoms with Crippen LogP contribution in [0.4, 0.5) is 5.82 Å². The number of methoxy groups -OCH3 is 1. The molecule has 2 aromatic carbocycles. The number of likely N-dealkylation sites (tertiary alicyclic amines) is 1.